The van der Waals surface area contributed by atoms with Crippen molar-refractivity contribution in [3.8, 4) is 0 Å². The molecule has 3 saturated heterocycles. The van der Waals surface area contributed by atoms with Crippen LogP contribution in [-0.4, -0.2) is 76.0 Å². The monoisotopic (exact) mass is 321 g/mol. The van der Waals surface area contributed by atoms with Crippen LogP contribution >= 0.6 is 11.3 Å². The fraction of sp³-hybridized carbons (Fsp3) is 0.600. The average molecular weight is 321 g/mol. The van der Waals surface area contributed by atoms with Crippen LogP contribution in [-0.2, 0) is 16.1 Å². The van der Waals surface area contributed by atoms with Crippen LogP contribution in [0.5, 0.6) is 0 Å². The highest BCUT2D eigenvalue weighted by molar-refractivity contribution is 7.09. The quantitative estimate of drug-likeness (QED) is 0.760. The Morgan fingerprint density at radius 3 is 2.86 bits per heavy atom. The molecule has 1 aromatic heterocycles. The molecule has 118 valence electrons. The van der Waals surface area contributed by atoms with Gasteiger partial charge in [-0.1, -0.05) is 6.07 Å². The smallest absolute Gasteiger partial charge is 0.252 e. The Bertz CT molecular complexity index is 612. The second kappa shape index (κ2) is 4.86. The number of piperazine rings is 1. The van der Waals surface area contributed by atoms with E-state index in [2.05, 4.69) is 16.3 Å². The summed E-state index contributed by atoms with van der Waals surface area (Å²) in [4.78, 5) is 31.7. The molecule has 3 aliphatic heterocycles. The van der Waals surface area contributed by atoms with E-state index in [1.165, 1.54) is 9.78 Å². The minimum Gasteiger partial charge on any atom is -0.392 e. The number of likely N-dealkylation sites (N-methyl/N-ethyl adjacent to an activating group) is 1. The summed E-state index contributed by atoms with van der Waals surface area (Å²) in [7, 11) is 1.57. The van der Waals surface area contributed by atoms with E-state index in [4.69, 9.17) is 0 Å². The van der Waals surface area contributed by atoms with Gasteiger partial charge in [-0.25, -0.2) is 0 Å². The third kappa shape index (κ3) is 1.89. The lowest BCUT2D eigenvalue weighted by atomic mass is 9.82. The molecular weight excluding hydrogens is 302 g/mol. The van der Waals surface area contributed by atoms with E-state index < -0.39 is 11.6 Å². The molecule has 2 atom stereocenters. The number of hydrogen-bond acceptors (Lipinski definition) is 6. The van der Waals surface area contributed by atoms with Gasteiger partial charge in [-0.2, -0.15) is 0 Å². The molecule has 3 fully saturated rings. The summed E-state index contributed by atoms with van der Waals surface area (Å²) >= 11 is 1.71. The summed E-state index contributed by atoms with van der Waals surface area (Å²) in [6.45, 7) is 2.52. The largest absolute Gasteiger partial charge is 0.392 e. The fourth-order valence-corrected chi connectivity index (χ4v) is 4.77. The first-order chi connectivity index (χ1) is 10.5. The first kappa shape index (κ1) is 14.3. The lowest BCUT2D eigenvalue weighted by Crippen LogP contribution is -2.80. The zero-order valence-electron chi connectivity index (χ0n) is 12.4. The molecule has 1 spiro atoms. The standard InChI is InChI=1S/C15H19N3O3S/c1-16-13(20)12-5-10(19)6-18(12)15(14(16)21)8-17(9-15)7-11-3-2-4-22-11/h2-4,10,12,19H,5-9H2,1H3. The van der Waals surface area contributed by atoms with E-state index in [1.54, 1.807) is 18.4 Å². The number of imide groups is 1. The second-order valence-corrected chi connectivity index (χ2v) is 7.55. The number of aliphatic hydroxyl groups excluding tert-OH is 1. The SMILES string of the molecule is CN1C(=O)C2CC(O)CN2C2(CN(Cc3cccs3)C2)C1=O. The molecule has 0 aromatic carbocycles. The summed E-state index contributed by atoms with van der Waals surface area (Å²) in [5.41, 5.74) is -0.623. The fourth-order valence-electron chi connectivity index (χ4n) is 4.02. The van der Waals surface area contributed by atoms with Gasteiger partial charge in [-0.15, -0.1) is 11.3 Å². The molecule has 2 unspecified atom stereocenters. The summed E-state index contributed by atoms with van der Waals surface area (Å²) in [6, 6.07) is 3.78. The van der Waals surface area contributed by atoms with Crippen LogP contribution in [0, 0.1) is 0 Å². The Morgan fingerprint density at radius 1 is 1.41 bits per heavy atom. The molecule has 2 amide bonds. The van der Waals surface area contributed by atoms with Crippen molar-refractivity contribution in [2.45, 2.75) is 30.7 Å². The van der Waals surface area contributed by atoms with E-state index in [1.807, 2.05) is 11.0 Å². The Hall–Kier alpha value is -1.28. The summed E-state index contributed by atoms with van der Waals surface area (Å²) < 4.78 is 0. The van der Waals surface area contributed by atoms with Gasteiger partial charge in [-0.05, 0) is 17.9 Å². The molecule has 1 N–H and O–H groups in total. The van der Waals surface area contributed by atoms with E-state index >= 15 is 0 Å². The van der Waals surface area contributed by atoms with Crippen molar-refractivity contribution in [3.05, 3.63) is 22.4 Å². The maximum absolute atomic E-state index is 12.7. The lowest BCUT2D eigenvalue weighted by Gasteiger charge is -2.58. The van der Waals surface area contributed by atoms with Crippen LogP contribution in [0.25, 0.3) is 0 Å². The zero-order chi connectivity index (χ0) is 15.5. The van der Waals surface area contributed by atoms with Crippen molar-refractivity contribution in [2.24, 2.45) is 0 Å². The summed E-state index contributed by atoms with van der Waals surface area (Å²) in [5.74, 6) is -0.297. The van der Waals surface area contributed by atoms with E-state index in [-0.39, 0.29) is 17.9 Å². The molecule has 0 bridgehead atoms. The van der Waals surface area contributed by atoms with Crippen LogP contribution in [0.3, 0.4) is 0 Å². The van der Waals surface area contributed by atoms with Crippen LogP contribution < -0.4 is 0 Å². The normalized spacial score (nSPS) is 31.6. The molecule has 4 rings (SSSR count). The molecule has 0 radical (unpaired) electrons. The number of β-amino-alcohol motifs (C(OH)–C–C–N with tert-alkyl or cyclic N) is 1. The highest BCUT2D eigenvalue weighted by Crippen LogP contribution is 2.40. The molecule has 6 nitrogen and oxygen atoms in total. The van der Waals surface area contributed by atoms with Gasteiger partial charge >= 0.3 is 0 Å². The van der Waals surface area contributed by atoms with Gasteiger partial charge in [0.2, 0.25) is 5.91 Å². The number of thiophene rings is 1. The zero-order valence-corrected chi connectivity index (χ0v) is 13.3. The molecule has 0 aliphatic carbocycles. The van der Waals surface area contributed by atoms with Gasteiger partial charge in [0.1, 0.15) is 5.54 Å². The maximum atomic E-state index is 12.7. The van der Waals surface area contributed by atoms with Crippen molar-refractivity contribution >= 4 is 23.2 Å². The van der Waals surface area contributed by atoms with Crippen LogP contribution in [0.15, 0.2) is 17.5 Å². The Kier molecular flexibility index (Phi) is 3.16. The molecule has 3 aliphatic rings. The third-order valence-electron chi connectivity index (χ3n) is 5.08. The molecular formula is C15H19N3O3S. The van der Waals surface area contributed by atoms with Gasteiger partial charge in [0.05, 0.1) is 12.1 Å². The van der Waals surface area contributed by atoms with Gasteiger partial charge in [0.25, 0.3) is 5.91 Å². The predicted octanol–water partition coefficient (Wildman–Crippen LogP) is -0.264. The summed E-state index contributed by atoms with van der Waals surface area (Å²) in [6.07, 6.45) is -0.0835. The van der Waals surface area contributed by atoms with Gasteiger partial charge < -0.3 is 5.11 Å². The molecule has 22 heavy (non-hydrogen) atoms. The number of carbonyl (C=O) groups is 2. The second-order valence-electron chi connectivity index (χ2n) is 6.52. The van der Waals surface area contributed by atoms with E-state index in [0.29, 0.717) is 26.1 Å². The highest BCUT2D eigenvalue weighted by atomic mass is 32.1. The first-order valence-electron chi connectivity index (χ1n) is 7.53. The number of aliphatic hydroxyl groups is 1. The van der Waals surface area contributed by atoms with E-state index in [0.717, 1.165) is 6.54 Å². The molecule has 0 saturated carbocycles. The van der Waals surface area contributed by atoms with Gasteiger partial charge in [0, 0.05) is 38.1 Å². The Labute approximate surface area is 132 Å². The van der Waals surface area contributed by atoms with E-state index in [9.17, 15) is 14.7 Å². The maximum Gasteiger partial charge on any atom is 0.252 e. The lowest BCUT2D eigenvalue weighted by molar-refractivity contribution is -0.178. The van der Waals surface area contributed by atoms with Crippen molar-refractivity contribution in [2.75, 3.05) is 26.7 Å². The Morgan fingerprint density at radius 2 is 2.18 bits per heavy atom. The number of nitrogens with zero attached hydrogens (tertiary/aromatic N) is 3. The minimum atomic E-state index is -0.623. The predicted molar refractivity (Wildman–Crippen MR) is 81.2 cm³/mol. The first-order valence-corrected chi connectivity index (χ1v) is 8.41. The Balaban J connectivity index is 1.55. The van der Waals surface area contributed by atoms with Gasteiger partial charge in [0.15, 0.2) is 0 Å². The number of carbonyl (C=O) groups excluding carboxylic acids is 2. The minimum absolute atomic E-state index is 0.120. The molecule has 7 heteroatoms. The van der Waals surface area contributed by atoms with Crippen molar-refractivity contribution in [3.63, 3.8) is 0 Å². The number of fused-ring (bicyclic) bond motifs is 2. The summed E-state index contributed by atoms with van der Waals surface area (Å²) in [5, 5.41) is 12.0. The van der Waals surface area contributed by atoms with Crippen molar-refractivity contribution < 1.29 is 14.7 Å². The molecule has 4 heterocycles. The highest BCUT2D eigenvalue weighted by Gasteiger charge is 2.63. The topological polar surface area (TPSA) is 64.1 Å². The van der Waals surface area contributed by atoms with Crippen molar-refractivity contribution in [1.82, 2.24) is 14.7 Å². The molecule has 1 aromatic rings. The number of rotatable bonds is 2. The third-order valence-corrected chi connectivity index (χ3v) is 5.94. The van der Waals surface area contributed by atoms with Crippen molar-refractivity contribution in [1.29, 1.82) is 0 Å². The van der Waals surface area contributed by atoms with Crippen LogP contribution in [0.1, 0.15) is 11.3 Å². The van der Waals surface area contributed by atoms with Gasteiger partial charge in [-0.3, -0.25) is 24.3 Å². The number of likely N-dealkylation sites (tertiary alicyclic amines) is 1. The van der Waals surface area contributed by atoms with Crippen LogP contribution in [0.4, 0.5) is 0 Å². The van der Waals surface area contributed by atoms with Crippen LogP contribution in [0.2, 0.25) is 0 Å². The number of hydrogen-bond donors (Lipinski definition) is 1. The number of amides is 2. The average Bonchev–Trinajstić information content (AvgIpc) is 3.08.